The number of benzene rings is 1. The van der Waals surface area contributed by atoms with Crippen molar-refractivity contribution in [3.63, 3.8) is 0 Å². The third-order valence-electron chi connectivity index (χ3n) is 3.42. The van der Waals surface area contributed by atoms with Crippen LogP contribution in [0.1, 0.15) is 25.3 Å². The van der Waals surface area contributed by atoms with E-state index in [-0.39, 0.29) is 0 Å². The highest BCUT2D eigenvalue weighted by molar-refractivity contribution is 5.57. The van der Waals surface area contributed by atoms with Gasteiger partial charge in [-0.25, -0.2) is 0 Å². The van der Waals surface area contributed by atoms with Crippen LogP contribution in [0, 0.1) is 5.92 Å². The monoisotopic (exact) mass is 218 g/mol. The molecule has 2 nitrogen and oxygen atoms in total. The normalized spacial score (nSPS) is 16.2. The highest BCUT2D eigenvalue weighted by Gasteiger charge is 2.19. The van der Waals surface area contributed by atoms with Gasteiger partial charge in [-0.1, -0.05) is 25.1 Å². The van der Waals surface area contributed by atoms with Gasteiger partial charge in [-0.15, -0.1) is 0 Å². The van der Waals surface area contributed by atoms with Crippen LogP contribution in [0.2, 0.25) is 0 Å². The van der Waals surface area contributed by atoms with Crippen LogP contribution in [0.4, 0.5) is 5.69 Å². The number of para-hydroxylation sites is 1. The summed E-state index contributed by atoms with van der Waals surface area (Å²) in [5, 5.41) is 0. The molecule has 0 spiro atoms. The maximum atomic E-state index is 5.55. The topological polar surface area (TPSA) is 29.3 Å². The second kappa shape index (κ2) is 5.35. The van der Waals surface area contributed by atoms with E-state index in [0.29, 0.717) is 0 Å². The zero-order chi connectivity index (χ0) is 11.4. The van der Waals surface area contributed by atoms with Crippen LogP contribution >= 0.6 is 0 Å². The summed E-state index contributed by atoms with van der Waals surface area (Å²) >= 11 is 0. The molecule has 0 amide bonds. The first-order valence-corrected chi connectivity index (χ1v) is 6.34. The molecule has 0 fully saturated rings. The second-order valence-electron chi connectivity index (χ2n) is 4.86. The molecule has 2 heteroatoms. The van der Waals surface area contributed by atoms with Crippen molar-refractivity contribution in [1.29, 1.82) is 0 Å². The van der Waals surface area contributed by atoms with Crippen molar-refractivity contribution < 1.29 is 0 Å². The van der Waals surface area contributed by atoms with E-state index < -0.39 is 0 Å². The summed E-state index contributed by atoms with van der Waals surface area (Å²) in [6.07, 6.45) is 3.60. The highest BCUT2D eigenvalue weighted by Crippen LogP contribution is 2.28. The number of rotatable bonds is 5. The predicted octanol–water partition coefficient (Wildman–Crippen LogP) is 2.42. The molecule has 1 heterocycles. The van der Waals surface area contributed by atoms with E-state index in [0.717, 1.165) is 18.9 Å². The minimum Gasteiger partial charge on any atom is -0.371 e. The number of nitrogens with two attached hydrogens (primary N) is 1. The summed E-state index contributed by atoms with van der Waals surface area (Å²) in [7, 11) is 0. The number of fused-ring (bicyclic) bond motifs is 1. The maximum absolute atomic E-state index is 5.55. The van der Waals surface area contributed by atoms with E-state index >= 15 is 0 Å². The van der Waals surface area contributed by atoms with Crippen molar-refractivity contribution in [2.45, 2.75) is 26.2 Å². The minimum atomic E-state index is 0.745. The summed E-state index contributed by atoms with van der Waals surface area (Å²) in [5.41, 5.74) is 8.50. The van der Waals surface area contributed by atoms with Crippen molar-refractivity contribution in [3.8, 4) is 0 Å². The van der Waals surface area contributed by atoms with Crippen LogP contribution in [-0.4, -0.2) is 19.6 Å². The zero-order valence-corrected chi connectivity index (χ0v) is 10.2. The van der Waals surface area contributed by atoms with Crippen LogP contribution < -0.4 is 10.6 Å². The molecule has 2 rings (SSSR count). The third kappa shape index (κ3) is 2.56. The molecule has 0 aliphatic carbocycles. The fraction of sp³-hybridized carbons (Fsp3) is 0.571. The lowest BCUT2D eigenvalue weighted by molar-refractivity contribution is 0.508. The van der Waals surface area contributed by atoms with E-state index in [1.54, 1.807) is 0 Å². The molecular formula is C14H22N2. The first-order valence-electron chi connectivity index (χ1n) is 6.34. The molecule has 1 unspecified atom stereocenters. The Morgan fingerprint density at radius 2 is 2.19 bits per heavy atom. The van der Waals surface area contributed by atoms with Crippen molar-refractivity contribution in [3.05, 3.63) is 29.8 Å². The Morgan fingerprint density at radius 1 is 1.38 bits per heavy atom. The standard InChI is InChI=1S/C14H22N2/c1-12(5-4-9-15)11-16-10-8-13-6-2-3-7-14(13)16/h2-3,6-7,12H,4-5,8-11,15H2,1H3. The number of hydrogen-bond donors (Lipinski definition) is 1. The molecule has 2 N–H and O–H groups in total. The molecule has 0 radical (unpaired) electrons. The van der Waals surface area contributed by atoms with Crippen LogP contribution in [0.5, 0.6) is 0 Å². The van der Waals surface area contributed by atoms with Gasteiger partial charge in [0.2, 0.25) is 0 Å². The maximum Gasteiger partial charge on any atom is 0.0399 e. The molecule has 16 heavy (non-hydrogen) atoms. The Bertz CT molecular complexity index is 335. The van der Waals surface area contributed by atoms with Gasteiger partial charge in [0.05, 0.1) is 0 Å². The van der Waals surface area contributed by atoms with Gasteiger partial charge in [-0.3, -0.25) is 0 Å². The quantitative estimate of drug-likeness (QED) is 0.822. The van der Waals surface area contributed by atoms with Gasteiger partial charge in [0.1, 0.15) is 0 Å². The molecule has 1 atom stereocenters. The molecule has 88 valence electrons. The largest absolute Gasteiger partial charge is 0.371 e. The third-order valence-corrected chi connectivity index (χ3v) is 3.42. The van der Waals surface area contributed by atoms with Crippen molar-refractivity contribution >= 4 is 5.69 Å². The van der Waals surface area contributed by atoms with Crippen molar-refractivity contribution in [1.82, 2.24) is 0 Å². The van der Waals surface area contributed by atoms with Gasteiger partial charge >= 0.3 is 0 Å². The average molecular weight is 218 g/mol. The Hall–Kier alpha value is -1.02. The molecule has 1 aliphatic heterocycles. The summed E-state index contributed by atoms with van der Waals surface area (Å²) in [6.45, 7) is 5.51. The molecule has 1 aromatic carbocycles. The minimum absolute atomic E-state index is 0.745. The molecule has 0 aromatic heterocycles. The molecule has 0 saturated heterocycles. The van der Waals surface area contributed by atoms with E-state index in [4.69, 9.17) is 5.73 Å². The van der Waals surface area contributed by atoms with E-state index in [9.17, 15) is 0 Å². The molecule has 1 aromatic rings. The van der Waals surface area contributed by atoms with Gasteiger partial charge < -0.3 is 10.6 Å². The smallest absolute Gasteiger partial charge is 0.0399 e. The van der Waals surface area contributed by atoms with E-state index in [2.05, 4.69) is 36.1 Å². The summed E-state index contributed by atoms with van der Waals surface area (Å²) in [5.74, 6) is 0.745. The summed E-state index contributed by atoms with van der Waals surface area (Å²) in [6, 6.07) is 8.78. The Balaban J connectivity index is 1.92. The van der Waals surface area contributed by atoms with Crippen LogP contribution in [-0.2, 0) is 6.42 Å². The van der Waals surface area contributed by atoms with Gasteiger partial charge in [0, 0.05) is 18.8 Å². The second-order valence-corrected chi connectivity index (χ2v) is 4.86. The fourth-order valence-electron chi connectivity index (χ4n) is 2.53. The number of hydrogen-bond acceptors (Lipinski definition) is 2. The fourth-order valence-corrected chi connectivity index (χ4v) is 2.53. The van der Waals surface area contributed by atoms with Crippen LogP contribution in [0.25, 0.3) is 0 Å². The van der Waals surface area contributed by atoms with Crippen LogP contribution in [0.15, 0.2) is 24.3 Å². The van der Waals surface area contributed by atoms with Gasteiger partial charge in [0.15, 0.2) is 0 Å². The predicted molar refractivity (Wildman–Crippen MR) is 69.8 cm³/mol. The summed E-state index contributed by atoms with van der Waals surface area (Å²) < 4.78 is 0. The van der Waals surface area contributed by atoms with Gasteiger partial charge in [-0.2, -0.15) is 0 Å². The molecular weight excluding hydrogens is 196 g/mol. The first-order chi connectivity index (χ1) is 7.81. The molecule has 1 aliphatic rings. The van der Waals surface area contributed by atoms with E-state index in [1.807, 2.05) is 0 Å². The lowest BCUT2D eigenvalue weighted by Crippen LogP contribution is -2.26. The van der Waals surface area contributed by atoms with Crippen molar-refractivity contribution in [2.24, 2.45) is 11.7 Å². The number of anilines is 1. The molecule has 0 saturated carbocycles. The van der Waals surface area contributed by atoms with Crippen molar-refractivity contribution in [2.75, 3.05) is 24.5 Å². The first kappa shape index (κ1) is 11.5. The van der Waals surface area contributed by atoms with Gasteiger partial charge in [0.25, 0.3) is 0 Å². The summed E-state index contributed by atoms with van der Waals surface area (Å²) in [4.78, 5) is 2.52. The molecule has 0 bridgehead atoms. The lowest BCUT2D eigenvalue weighted by Gasteiger charge is -2.23. The Morgan fingerprint density at radius 3 is 3.00 bits per heavy atom. The van der Waals surface area contributed by atoms with Gasteiger partial charge in [-0.05, 0) is 43.4 Å². The van der Waals surface area contributed by atoms with E-state index in [1.165, 1.54) is 37.2 Å². The Labute approximate surface area is 98.4 Å². The SMILES string of the molecule is CC(CCCN)CN1CCc2ccccc21. The average Bonchev–Trinajstić information content (AvgIpc) is 2.70. The highest BCUT2D eigenvalue weighted by atomic mass is 15.1. The Kier molecular flexibility index (Phi) is 3.83. The lowest BCUT2D eigenvalue weighted by atomic mass is 10.1. The van der Waals surface area contributed by atoms with Crippen LogP contribution in [0.3, 0.4) is 0 Å². The number of nitrogens with zero attached hydrogens (tertiary/aromatic N) is 1. The zero-order valence-electron chi connectivity index (χ0n) is 10.2.